The smallest absolute Gasteiger partial charge is 0.407 e. The van der Waals surface area contributed by atoms with Crippen LogP contribution in [-0.2, 0) is 16.0 Å². The number of carbonyl (C=O) groups is 2. The zero-order valence-corrected chi connectivity index (χ0v) is 20.4. The van der Waals surface area contributed by atoms with Gasteiger partial charge in [-0.25, -0.2) is 4.79 Å². The van der Waals surface area contributed by atoms with Gasteiger partial charge in [0.05, 0.1) is 18.1 Å². The Labute approximate surface area is 192 Å². The summed E-state index contributed by atoms with van der Waals surface area (Å²) in [5.41, 5.74) is 0.111. The Kier molecular flexibility index (Phi) is 9.10. The van der Waals surface area contributed by atoms with E-state index in [2.05, 4.69) is 16.0 Å². The summed E-state index contributed by atoms with van der Waals surface area (Å²) in [6.45, 7) is 11.6. The Morgan fingerprint density at radius 3 is 2.34 bits per heavy atom. The second-order valence-corrected chi connectivity index (χ2v) is 10.8. The van der Waals surface area contributed by atoms with E-state index in [9.17, 15) is 14.7 Å². The molecule has 1 aliphatic rings. The zero-order chi connectivity index (χ0) is 23.9. The van der Waals surface area contributed by atoms with Crippen LogP contribution in [0.1, 0.15) is 66.4 Å². The second-order valence-electron chi connectivity index (χ2n) is 10.8. The number of alkyl carbamates (subject to hydrolysis) is 1. The van der Waals surface area contributed by atoms with Gasteiger partial charge in [0, 0.05) is 18.1 Å². The van der Waals surface area contributed by atoms with Crippen LogP contribution in [0.5, 0.6) is 0 Å². The predicted molar refractivity (Wildman–Crippen MR) is 126 cm³/mol. The quantitative estimate of drug-likeness (QED) is 0.491. The molecule has 1 fully saturated rings. The van der Waals surface area contributed by atoms with E-state index in [4.69, 9.17) is 4.74 Å². The van der Waals surface area contributed by atoms with Gasteiger partial charge in [-0.3, -0.25) is 4.79 Å². The van der Waals surface area contributed by atoms with E-state index in [1.54, 1.807) is 20.8 Å². The fourth-order valence-corrected chi connectivity index (χ4v) is 4.01. The third kappa shape index (κ3) is 9.17. The van der Waals surface area contributed by atoms with Crippen LogP contribution in [0.15, 0.2) is 30.3 Å². The largest absolute Gasteiger partial charge is 0.444 e. The van der Waals surface area contributed by atoms with Crippen molar-refractivity contribution in [2.24, 2.45) is 5.92 Å². The molecule has 0 heterocycles. The molecule has 0 aliphatic heterocycles. The van der Waals surface area contributed by atoms with Crippen molar-refractivity contribution in [1.82, 2.24) is 16.0 Å². The first-order chi connectivity index (χ1) is 14.8. The minimum Gasteiger partial charge on any atom is -0.444 e. The first-order valence-corrected chi connectivity index (χ1v) is 11.6. The minimum atomic E-state index is -0.838. The van der Waals surface area contributed by atoms with Gasteiger partial charge in [0.25, 0.3) is 0 Å². The van der Waals surface area contributed by atoms with Gasteiger partial charge in [-0.1, -0.05) is 36.8 Å². The Morgan fingerprint density at radius 2 is 1.75 bits per heavy atom. The maximum absolute atomic E-state index is 12.7. The Balaban J connectivity index is 2.01. The molecule has 0 aromatic heterocycles. The van der Waals surface area contributed by atoms with Gasteiger partial charge in [-0.2, -0.15) is 0 Å². The van der Waals surface area contributed by atoms with Gasteiger partial charge in [-0.05, 0) is 66.4 Å². The maximum atomic E-state index is 12.7. The SMILES string of the molecule is CC(C)(C)NC(=O)[C@H]1CCC[C@@H]1NC[C@@H](O)[C@H](Cc1ccccc1)NC(=O)OC(C)(C)C. The molecule has 1 aliphatic carbocycles. The van der Waals surface area contributed by atoms with Crippen molar-refractivity contribution in [3.05, 3.63) is 35.9 Å². The van der Waals surface area contributed by atoms with Crippen molar-refractivity contribution < 1.29 is 19.4 Å². The molecule has 0 radical (unpaired) electrons. The molecule has 2 rings (SSSR count). The highest BCUT2D eigenvalue weighted by Crippen LogP contribution is 2.26. The van der Waals surface area contributed by atoms with E-state index < -0.39 is 23.8 Å². The van der Waals surface area contributed by atoms with Crippen molar-refractivity contribution in [3.8, 4) is 0 Å². The van der Waals surface area contributed by atoms with Crippen LogP contribution in [0, 0.1) is 5.92 Å². The Morgan fingerprint density at radius 1 is 1.09 bits per heavy atom. The summed E-state index contributed by atoms with van der Waals surface area (Å²) in [6, 6.07) is 9.21. The molecule has 2 amide bonds. The molecule has 7 nitrogen and oxygen atoms in total. The number of aliphatic hydroxyl groups excluding tert-OH is 1. The molecule has 1 saturated carbocycles. The van der Waals surface area contributed by atoms with Crippen LogP contribution in [0.25, 0.3) is 0 Å². The van der Waals surface area contributed by atoms with Crippen molar-refractivity contribution in [3.63, 3.8) is 0 Å². The van der Waals surface area contributed by atoms with Crippen LogP contribution in [0.4, 0.5) is 4.79 Å². The summed E-state index contributed by atoms with van der Waals surface area (Å²) in [5, 5.41) is 20.2. The topological polar surface area (TPSA) is 99.7 Å². The number of hydrogen-bond donors (Lipinski definition) is 4. The molecule has 0 spiro atoms. The number of rotatable bonds is 8. The first kappa shape index (κ1) is 26.1. The summed E-state index contributed by atoms with van der Waals surface area (Å²) >= 11 is 0. The highest BCUT2D eigenvalue weighted by Gasteiger charge is 2.35. The highest BCUT2D eigenvalue weighted by atomic mass is 16.6. The number of ether oxygens (including phenoxy) is 1. The lowest BCUT2D eigenvalue weighted by Gasteiger charge is -2.29. The van der Waals surface area contributed by atoms with E-state index in [1.807, 2.05) is 51.1 Å². The van der Waals surface area contributed by atoms with E-state index >= 15 is 0 Å². The van der Waals surface area contributed by atoms with Crippen LogP contribution in [0.3, 0.4) is 0 Å². The third-order valence-electron chi connectivity index (χ3n) is 5.41. The monoisotopic (exact) mass is 447 g/mol. The summed E-state index contributed by atoms with van der Waals surface area (Å²) in [7, 11) is 0. The van der Waals surface area contributed by atoms with Gasteiger partial charge in [0.15, 0.2) is 0 Å². The summed E-state index contributed by atoms with van der Waals surface area (Å²) in [5.74, 6) is -0.0671. The molecular weight excluding hydrogens is 406 g/mol. The van der Waals surface area contributed by atoms with Crippen LogP contribution in [-0.4, -0.2) is 53.0 Å². The molecule has 0 unspecified atom stereocenters. The molecule has 7 heteroatoms. The molecule has 0 saturated heterocycles. The Bertz CT molecular complexity index is 740. The van der Waals surface area contributed by atoms with Crippen molar-refractivity contribution in [1.29, 1.82) is 0 Å². The van der Waals surface area contributed by atoms with Gasteiger partial charge >= 0.3 is 6.09 Å². The molecular formula is C25H41N3O4. The van der Waals surface area contributed by atoms with E-state index in [1.165, 1.54) is 0 Å². The molecule has 1 aromatic rings. The number of nitrogens with one attached hydrogen (secondary N) is 3. The van der Waals surface area contributed by atoms with Crippen LogP contribution >= 0.6 is 0 Å². The van der Waals surface area contributed by atoms with Crippen molar-refractivity contribution >= 4 is 12.0 Å². The average molecular weight is 448 g/mol. The summed E-state index contributed by atoms with van der Waals surface area (Å²) in [4.78, 5) is 25.1. The molecule has 4 N–H and O–H groups in total. The van der Waals surface area contributed by atoms with E-state index in [0.29, 0.717) is 6.42 Å². The lowest BCUT2D eigenvalue weighted by Crippen LogP contribution is -2.53. The van der Waals surface area contributed by atoms with Gasteiger partial charge in [0.2, 0.25) is 5.91 Å². The number of amides is 2. The lowest BCUT2D eigenvalue weighted by molar-refractivity contribution is -0.126. The maximum Gasteiger partial charge on any atom is 0.407 e. The minimum absolute atomic E-state index is 0.00546. The van der Waals surface area contributed by atoms with Crippen molar-refractivity contribution in [2.75, 3.05) is 6.54 Å². The van der Waals surface area contributed by atoms with E-state index in [-0.39, 0.29) is 30.0 Å². The van der Waals surface area contributed by atoms with Gasteiger partial charge in [0.1, 0.15) is 5.60 Å². The fraction of sp³-hybridized carbons (Fsp3) is 0.680. The zero-order valence-electron chi connectivity index (χ0n) is 20.4. The molecule has 0 bridgehead atoms. The predicted octanol–water partition coefficient (Wildman–Crippen LogP) is 3.16. The van der Waals surface area contributed by atoms with Crippen LogP contribution in [0.2, 0.25) is 0 Å². The lowest BCUT2D eigenvalue weighted by atomic mass is 9.98. The van der Waals surface area contributed by atoms with Gasteiger partial charge in [-0.15, -0.1) is 0 Å². The first-order valence-electron chi connectivity index (χ1n) is 11.6. The molecule has 180 valence electrons. The number of benzene rings is 1. The molecule has 1 aromatic carbocycles. The second kappa shape index (κ2) is 11.1. The standard InChI is InChI=1S/C25H41N3O4/c1-24(2,3)28-22(30)18-13-10-14-19(18)26-16-21(29)20(15-17-11-8-7-9-12-17)27-23(31)32-25(4,5)6/h7-9,11-12,18-21,26,29H,10,13-16H2,1-6H3,(H,27,31)(H,28,30)/t18-,19-,20-,21+/m0/s1. The molecule has 32 heavy (non-hydrogen) atoms. The number of aliphatic hydroxyl groups is 1. The summed E-state index contributed by atoms with van der Waals surface area (Å²) < 4.78 is 5.39. The number of carbonyl (C=O) groups excluding carboxylic acids is 2. The van der Waals surface area contributed by atoms with Gasteiger partial charge < -0.3 is 25.8 Å². The van der Waals surface area contributed by atoms with Crippen molar-refractivity contribution in [2.45, 2.75) is 96.6 Å². The number of hydrogen-bond acceptors (Lipinski definition) is 5. The summed E-state index contributed by atoms with van der Waals surface area (Å²) in [6.07, 6.45) is 1.77. The molecule has 4 atom stereocenters. The average Bonchev–Trinajstić information content (AvgIpc) is 3.12. The third-order valence-corrected chi connectivity index (χ3v) is 5.41. The van der Waals surface area contributed by atoms with E-state index in [0.717, 1.165) is 24.8 Å². The fourth-order valence-electron chi connectivity index (χ4n) is 4.01. The Hall–Kier alpha value is -2.12. The highest BCUT2D eigenvalue weighted by molar-refractivity contribution is 5.80. The normalized spacial score (nSPS) is 21.0. The van der Waals surface area contributed by atoms with Crippen LogP contribution < -0.4 is 16.0 Å².